The molecule has 0 saturated carbocycles. The van der Waals surface area contributed by atoms with Crippen LogP contribution in [0.5, 0.6) is 0 Å². The van der Waals surface area contributed by atoms with Crippen molar-refractivity contribution in [2.45, 2.75) is 78.6 Å². The third-order valence-electron chi connectivity index (χ3n) is 5.72. The Bertz CT molecular complexity index is 907. The second kappa shape index (κ2) is 10.2. The Balaban J connectivity index is 1.47. The lowest BCUT2D eigenvalue weighted by Gasteiger charge is -2.34. The van der Waals surface area contributed by atoms with Gasteiger partial charge in [0.2, 0.25) is 5.89 Å². The summed E-state index contributed by atoms with van der Waals surface area (Å²) >= 11 is 0. The number of amides is 1. The van der Waals surface area contributed by atoms with E-state index in [4.69, 9.17) is 9.26 Å². The minimum atomic E-state index is -0.798. The summed E-state index contributed by atoms with van der Waals surface area (Å²) in [6.07, 6.45) is -0.506. The topological polar surface area (TPSA) is 83.7 Å². The first-order chi connectivity index (χ1) is 15.4. The standard InChI is InChI=1S/C25H39N5O3/c1-18(2)20-10-8-19(9-11-20)16-29-12-14-30(15-13-29)17-21-26-22(28-33-21)25(6,7)27-23(31)32-24(3,4)5/h8-11,18H,12-17H2,1-7H3,(H,27,31). The molecular weight excluding hydrogens is 418 g/mol. The fourth-order valence-corrected chi connectivity index (χ4v) is 3.75. The average molecular weight is 458 g/mol. The number of alkyl carbamates (subject to hydrolysis) is 1. The van der Waals surface area contributed by atoms with E-state index in [-0.39, 0.29) is 0 Å². The second-order valence-electron chi connectivity index (χ2n) is 10.7. The number of nitrogens with zero attached hydrogens (tertiary/aromatic N) is 4. The minimum Gasteiger partial charge on any atom is -0.444 e. The fourth-order valence-electron chi connectivity index (χ4n) is 3.75. The van der Waals surface area contributed by atoms with Crippen LogP contribution in [0.4, 0.5) is 4.79 Å². The number of hydrogen-bond donors (Lipinski definition) is 1. The summed E-state index contributed by atoms with van der Waals surface area (Å²) in [4.78, 5) is 21.5. The van der Waals surface area contributed by atoms with Gasteiger partial charge in [-0.2, -0.15) is 4.98 Å². The predicted octanol–water partition coefficient (Wildman–Crippen LogP) is 4.27. The Morgan fingerprint density at radius 2 is 1.61 bits per heavy atom. The number of rotatable bonds is 7. The third-order valence-corrected chi connectivity index (χ3v) is 5.72. The maximum Gasteiger partial charge on any atom is 0.408 e. The molecular formula is C25H39N5O3. The molecule has 0 radical (unpaired) electrons. The van der Waals surface area contributed by atoms with Gasteiger partial charge in [0.05, 0.1) is 6.54 Å². The van der Waals surface area contributed by atoms with E-state index in [2.05, 4.69) is 63.4 Å². The zero-order valence-electron chi connectivity index (χ0n) is 21.1. The Morgan fingerprint density at radius 3 is 2.15 bits per heavy atom. The normalized spacial score (nSPS) is 16.2. The maximum absolute atomic E-state index is 12.1. The molecule has 0 bridgehead atoms. The van der Waals surface area contributed by atoms with Gasteiger partial charge in [0.1, 0.15) is 11.1 Å². The lowest BCUT2D eigenvalue weighted by molar-refractivity contribution is 0.0465. The number of piperazine rings is 1. The van der Waals surface area contributed by atoms with Crippen molar-refractivity contribution in [3.8, 4) is 0 Å². The maximum atomic E-state index is 12.1. The summed E-state index contributed by atoms with van der Waals surface area (Å²) in [5.74, 6) is 1.56. The Labute approximate surface area is 197 Å². The minimum absolute atomic E-state index is 0.437. The van der Waals surface area contributed by atoms with Crippen molar-refractivity contribution < 1.29 is 14.1 Å². The van der Waals surface area contributed by atoms with E-state index >= 15 is 0 Å². The van der Waals surface area contributed by atoms with Gasteiger partial charge in [0.25, 0.3) is 0 Å². The van der Waals surface area contributed by atoms with Crippen LogP contribution in [0.3, 0.4) is 0 Å². The van der Waals surface area contributed by atoms with Gasteiger partial charge in [-0.3, -0.25) is 9.80 Å². The van der Waals surface area contributed by atoms with Gasteiger partial charge in [0.15, 0.2) is 5.82 Å². The molecule has 33 heavy (non-hydrogen) atoms. The summed E-state index contributed by atoms with van der Waals surface area (Å²) in [5, 5.41) is 6.92. The molecule has 2 heterocycles. The zero-order valence-corrected chi connectivity index (χ0v) is 21.1. The molecule has 8 heteroatoms. The first kappa shape index (κ1) is 25.2. The number of nitrogens with one attached hydrogen (secondary N) is 1. The van der Waals surface area contributed by atoms with E-state index in [1.807, 2.05) is 34.6 Å². The molecule has 1 aromatic carbocycles. The Morgan fingerprint density at radius 1 is 1.03 bits per heavy atom. The number of carbonyl (C=O) groups excluding carboxylic acids is 1. The van der Waals surface area contributed by atoms with Gasteiger partial charge in [-0.05, 0) is 51.7 Å². The van der Waals surface area contributed by atoms with Gasteiger partial charge in [-0.25, -0.2) is 4.79 Å². The van der Waals surface area contributed by atoms with Crippen LogP contribution in [0.25, 0.3) is 0 Å². The van der Waals surface area contributed by atoms with Crippen molar-refractivity contribution in [3.05, 3.63) is 47.1 Å². The second-order valence-corrected chi connectivity index (χ2v) is 10.7. The first-order valence-corrected chi connectivity index (χ1v) is 11.8. The van der Waals surface area contributed by atoms with Crippen molar-refractivity contribution in [1.82, 2.24) is 25.3 Å². The van der Waals surface area contributed by atoms with E-state index in [0.29, 0.717) is 24.2 Å². The van der Waals surface area contributed by atoms with Crippen LogP contribution in [-0.4, -0.2) is 57.8 Å². The lowest BCUT2D eigenvalue weighted by Crippen LogP contribution is -2.45. The number of aromatic nitrogens is 2. The summed E-state index contributed by atoms with van der Waals surface area (Å²) in [6.45, 7) is 19.1. The van der Waals surface area contributed by atoms with Crippen LogP contribution in [0.1, 0.15) is 77.2 Å². The van der Waals surface area contributed by atoms with Gasteiger partial charge in [-0.1, -0.05) is 43.3 Å². The van der Waals surface area contributed by atoms with Gasteiger partial charge in [-0.15, -0.1) is 0 Å². The van der Waals surface area contributed by atoms with Gasteiger partial charge < -0.3 is 14.6 Å². The molecule has 182 valence electrons. The van der Waals surface area contributed by atoms with E-state index in [1.54, 1.807) is 0 Å². The monoisotopic (exact) mass is 457 g/mol. The Hall–Kier alpha value is -2.45. The van der Waals surface area contributed by atoms with Crippen LogP contribution in [0.2, 0.25) is 0 Å². The molecule has 1 amide bonds. The van der Waals surface area contributed by atoms with Crippen molar-refractivity contribution in [2.75, 3.05) is 26.2 Å². The summed E-state index contributed by atoms with van der Waals surface area (Å²) in [6, 6.07) is 8.97. The molecule has 0 atom stereocenters. The molecule has 1 aromatic heterocycles. The van der Waals surface area contributed by atoms with E-state index in [9.17, 15) is 4.79 Å². The summed E-state index contributed by atoms with van der Waals surface area (Å²) in [7, 11) is 0. The number of carbonyl (C=O) groups is 1. The molecule has 3 rings (SSSR count). The zero-order chi connectivity index (χ0) is 24.2. The molecule has 8 nitrogen and oxygen atoms in total. The molecule has 0 spiro atoms. The molecule has 1 aliphatic rings. The highest BCUT2D eigenvalue weighted by atomic mass is 16.6. The van der Waals surface area contributed by atoms with Crippen LogP contribution in [0, 0.1) is 0 Å². The van der Waals surface area contributed by atoms with Gasteiger partial charge in [0, 0.05) is 32.7 Å². The average Bonchev–Trinajstić information content (AvgIpc) is 3.17. The molecule has 1 N–H and O–H groups in total. The molecule has 1 saturated heterocycles. The largest absolute Gasteiger partial charge is 0.444 e. The van der Waals surface area contributed by atoms with E-state index < -0.39 is 17.2 Å². The van der Waals surface area contributed by atoms with Crippen molar-refractivity contribution in [2.24, 2.45) is 0 Å². The highest BCUT2D eigenvalue weighted by molar-refractivity contribution is 5.68. The van der Waals surface area contributed by atoms with E-state index in [1.165, 1.54) is 11.1 Å². The van der Waals surface area contributed by atoms with Gasteiger partial charge >= 0.3 is 6.09 Å². The Kier molecular flexibility index (Phi) is 7.80. The third kappa shape index (κ3) is 7.54. The molecule has 2 aromatic rings. The SMILES string of the molecule is CC(C)c1ccc(CN2CCN(Cc3nc(C(C)(C)NC(=O)OC(C)(C)C)no3)CC2)cc1. The van der Waals surface area contributed by atoms with Crippen LogP contribution in [-0.2, 0) is 23.4 Å². The van der Waals surface area contributed by atoms with Crippen LogP contribution in [0.15, 0.2) is 28.8 Å². The smallest absolute Gasteiger partial charge is 0.408 e. The quantitative estimate of drug-likeness (QED) is 0.665. The summed E-state index contributed by atoms with van der Waals surface area (Å²) < 4.78 is 10.8. The van der Waals surface area contributed by atoms with Crippen molar-refractivity contribution in [1.29, 1.82) is 0 Å². The molecule has 0 aliphatic carbocycles. The number of ether oxygens (including phenoxy) is 1. The summed E-state index contributed by atoms with van der Waals surface area (Å²) in [5.41, 5.74) is 1.37. The van der Waals surface area contributed by atoms with Crippen molar-refractivity contribution in [3.63, 3.8) is 0 Å². The number of benzene rings is 1. The highest BCUT2D eigenvalue weighted by Gasteiger charge is 2.31. The molecule has 1 aliphatic heterocycles. The van der Waals surface area contributed by atoms with Crippen molar-refractivity contribution >= 4 is 6.09 Å². The fraction of sp³-hybridized carbons (Fsp3) is 0.640. The van der Waals surface area contributed by atoms with Crippen LogP contribution < -0.4 is 5.32 Å². The first-order valence-electron chi connectivity index (χ1n) is 11.8. The van der Waals surface area contributed by atoms with Crippen LogP contribution >= 0.6 is 0 Å². The van der Waals surface area contributed by atoms with E-state index in [0.717, 1.165) is 32.7 Å². The molecule has 1 fully saturated rings. The lowest BCUT2D eigenvalue weighted by atomic mass is 10.0. The number of hydrogen-bond acceptors (Lipinski definition) is 7. The predicted molar refractivity (Wildman–Crippen MR) is 128 cm³/mol. The molecule has 0 unspecified atom stereocenters. The highest BCUT2D eigenvalue weighted by Crippen LogP contribution is 2.20.